The van der Waals surface area contributed by atoms with E-state index in [4.69, 9.17) is 5.73 Å². The number of anilines is 1. The lowest BCUT2D eigenvalue weighted by Gasteiger charge is -2.31. The zero-order valence-corrected chi connectivity index (χ0v) is 9.79. The van der Waals surface area contributed by atoms with Gasteiger partial charge in [-0.2, -0.15) is 0 Å². The molecule has 1 saturated carbocycles. The van der Waals surface area contributed by atoms with Gasteiger partial charge >= 0.3 is 0 Å². The van der Waals surface area contributed by atoms with Gasteiger partial charge in [0.2, 0.25) is 5.91 Å². The molecule has 2 rings (SSSR count). The van der Waals surface area contributed by atoms with Gasteiger partial charge in [0.05, 0.1) is 0 Å². The van der Waals surface area contributed by atoms with Crippen LogP contribution >= 0.6 is 0 Å². The van der Waals surface area contributed by atoms with Crippen LogP contribution in [0.2, 0.25) is 0 Å². The maximum Gasteiger partial charge on any atom is 0.227 e. The largest absolute Gasteiger partial charge is 0.328 e. The predicted molar refractivity (Wildman–Crippen MR) is 65.2 cm³/mol. The number of nitrogens with one attached hydrogen (secondary N) is 1. The van der Waals surface area contributed by atoms with E-state index in [1.165, 1.54) is 0 Å². The predicted octanol–water partition coefficient (Wildman–Crippen LogP) is 1.98. The molecule has 3 heteroatoms. The molecule has 1 aromatic rings. The summed E-state index contributed by atoms with van der Waals surface area (Å²) in [6, 6.07) is 6.23. The summed E-state index contributed by atoms with van der Waals surface area (Å²) in [5.74, 6) is 0.216. The van der Waals surface area contributed by atoms with Crippen molar-refractivity contribution < 1.29 is 4.79 Å². The maximum atomic E-state index is 11.9. The van der Waals surface area contributed by atoms with Crippen LogP contribution in [0.3, 0.4) is 0 Å². The molecule has 0 radical (unpaired) electrons. The van der Waals surface area contributed by atoms with Crippen LogP contribution in [0.25, 0.3) is 0 Å². The second-order valence-electron chi connectivity index (χ2n) is 4.68. The van der Waals surface area contributed by atoms with E-state index in [1.54, 1.807) is 0 Å². The molecule has 1 aliphatic rings. The number of rotatable bonds is 2. The molecule has 3 nitrogen and oxygen atoms in total. The first-order valence-electron chi connectivity index (χ1n) is 5.70. The van der Waals surface area contributed by atoms with Crippen LogP contribution < -0.4 is 11.1 Å². The van der Waals surface area contributed by atoms with E-state index < -0.39 is 0 Å². The molecular formula is C13H18N2O. The van der Waals surface area contributed by atoms with Gasteiger partial charge in [0, 0.05) is 17.6 Å². The number of carbonyl (C=O) groups is 1. The highest BCUT2D eigenvalue weighted by atomic mass is 16.1. The Morgan fingerprint density at radius 1 is 1.31 bits per heavy atom. The van der Waals surface area contributed by atoms with E-state index in [9.17, 15) is 4.79 Å². The normalized spacial score (nSPS) is 23.7. The lowest BCUT2D eigenvalue weighted by molar-refractivity contribution is -0.122. The Balaban J connectivity index is 2.06. The topological polar surface area (TPSA) is 55.1 Å². The molecular weight excluding hydrogens is 200 g/mol. The minimum Gasteiger partial charge on any atom is -0.328 e. The third-order valence-electron chi connectivity index (χ3n) is 3.27. The fourth-order valence-electron chi connectivity index (χ4n) is 2.11. The van der Waals surface area contributed by atoms with E-state index in [0.29, 0.717) is 0 Å². The summed E-state index contributed by atoms with van der Waals surface area (Å²) >= 11 is 0. The van der Waals surface area contributed by atoms with Gasteiger partial charge in [0.1, 0.15) is 0 Å². The van der Waals surface area contributed by atoms with Crippen LogP contribution in [-0.4, -0.2) is 11.9 Å². The Labute approximate surface area is 96.0 Å². The molecule has 0 bridgehead atoms. The molecule has 1 amide bonds. The van der Waals surface area contributed by atoms with Crippen molar-refractivity contribution in [3.63, 3.8) is 0 Å². The third kappa shape index (κ3) is 2.09. The molecule has 0 saturated heterocycles. The number of hydrogen-bond donors (Lipinski definition) is 2. The molecule has 1 aromatic carbocycles. The molecule has 3 N–H and O–H groups in total. The second kappa shape index (κ2) is 4.26. The first kappa shape index (κ1) is 11.1. The van der Waals surface area contributed by atoms with Gasteiger partial charge in [-0.3, -0.25) is 4.79 Å². The Hall–Kier alpha value is -1.35. The van der Waals surface area contributed by atoms with Gasteiger partial charge in [-0.25, -0.2) is 0 Å². The number of hydrogen-bond acceptors (Lipinski definition) is 2. The van der Waals surface area contributed by atoms with Gasteiger partial charge in [0.15, 0.2) is 0 Å². The van der Waals surface area contributed by atoms with Crippen molar-refractivity contribution in [2.45, 2.75) is 32.7 Å². The minimum absolute atomic E-state index is 0.106. The lowest BCUT2D eigenvalue weighted by Crippen LogP contribution is -2.42. The zero-order chi connectivity index (χ0) is 11.7. The molecule has 0 heterocycles. The molecule has 16 heavy (non-hydrogen) atoms. The number of amides is 1. The van der Waals surface area contributed by atoms with Gasteiger partial charge in [-0.1, -0.05) is 18.2 Å². The highest BCUT2D eigenvalue weighted by Gasteiger charge is 2.32. The smallest absolute Gasteiger partial charge is 0.227 e. The summed E-state index contributed by atoms with van der Waals surface area (Å²) in [5.41, 5.74) is 8.85. The van der Waals surface area contributed by atoms with Crippen molar-refractivity contribution >= 4 is 11.6 Å². The Morgan fingerprint density at radius 3 is 2.38 bits per heavy atom. The van der Waals surface area contributed by atoms with Gasteiger partial charge in [-0.15, -0.1) is 0 Å². The summed E-state index contributed by atoms with van der Waals surface area (Å²) < 4.78 is 0. The Kier molecular flexibility index (Phi) is 2.97. The van der Waals surface area contributed by atoms with Crippen molar-refractivity contribution in [3.05, 3.63) is 29.3 Å². The average molecular weight is 218 g/mol. The van der Waals surface area contributed by atoms with Crippen LogP contribution in [0.5, 0.6) is 0 Å². The van der Waals surface area contributed by atoms with Gasteiger partial charge < -0.3 is 11.1 Å². The Bertz CT molecular complexity index is 388. The molecule has 86 valence electrons. The lowest BCUT2D eigenvalue weighted by atomic mass is 9.80. The first-order valence-corrected chi connectivity index (χ1v) is 5.70. The van der Waals surface area contributed by atoms with E-state index >= 15 is 0 Å². The highest BCUT2D eigenvalue weighted by Crippen LogP contribution is 2.28. The molecule has 0 aromatic heterocycles. The molecule has 0 aliphatic heterocycles. The van der Waals surface area contributed by atoms with Crippen LogP contribution in [0.1, 0.15) is 24.0 Å². The minimum atomic E-state index is 0.106. The number of carbonyl (C=O) groups excluding carboxylic acids is 1. The van der Waals surface area contributed by atoms with Crippen molar-refractivity contribution in [1.82, 2.24) is 0 Å². The number of benzene rings is 1. The second-order valence-corrected chi connectivity index (χ2v) is 4.68. The third-order valence-corrected chi connectivity index (χ3v) is 3.27. The monoisotopic (exact) mass is 218 g/mol. The number of para-hydroxylation sites is 1. The quantitative estimate of drug-likeness (QED) is 0.797. The molecule has 0 atom stereocenters. The standard InChI is InChI=1S/C13H18N2O/c1-8-4-3-5-9(2)12(8)15-13(16)10-6-11(14)7-10/h3-5,10-11H,6-7,14H2,1-2H3,(H,15,16). The summed E-state index contributed by atoms with van der Waals surface area (Å²) in [6.07, 6.45) is 1.63. The van der Waals surface area contributed by atoms with Crippen molar-refractivity contribution in [2.75, 3.05) is 5.32 Å². The molecule has 0 spiro atoms. The molecule has 1 fully saturated rings. The zero-order valence-electron chi connectivity index (χ0n) is 9.79. The summed E-state index contributed by atoms with van der Waals surface area (Å²) in [5, 5.41) is 3.01. The number of nitrogens with two attached hydrogens (primary N) is 1. The summed E-state index contributed by atoms with van der Waals surface area (Å²) in [4.78, 5) is 11.9. The van der Waals surface area contributed by atoms with E-state index in [1.807, 2.05) is 32.0 Å². The maximum absolute atomic E-state index is 11.9. The summed E-state index contributed by atoms with van der Waals surface area (Å²) in [6.45, 7) is 4.02. The van der Waals surface area contributed by atoms with Crippen LogP contribution in [-0.2, 0) is 4.79 Å². The van der Waals surface area contributed by atoms with Crippen molar-refractivity contribution in [3.8, 4) is 0 Å². The van der Waals surface area contributed by atoms with Crippen molar-refractivity contribution in [2.24, 2.45) is 11.7 Å². The molecule has 0 unspecified atom stereocenters. The van der Waals surface area contributed by atoms with Crippen LogP contribution in [0.15, 0.2) is 18.2 Å². The molecule has 1 aliphatic carbocycles. The fraction of sp³-hybridized carbons (Fsp3) is 0.462. The van der Waals surface area contributed by atoms with Crippen LogP contribution in [0.4, 0.5) is 5.69 Å². The average Bonchev–Trinajstić information content (AvgIpc) is 2.19. The van der Waals surface area contributed by atoms with Crippen LogP contribution in [0, 0.1) is 19.8 Å². The fourth-order valence-corrected chi connectivity index (χ4v) is 2.11. The Morgan fingerprint density at radius 2 is 1.88 bits per heavy atom. The van der Waals surface area contributed by atoms with Gasteiger partial charge in [0.25, 0.3) is 0 Å². The van der Waals surface area contributed by atoms with E-state index in [2.05, 4.69) is 5.32 Å². The van der Waals surface area contributed by atoms with Crippen molar-refractivity contribution in [1.29, 1.82) is 0 Å². The number of aryl methyl sites for hydroxylation is 2. The SMILES string of the molecule is Cc1cccc(C)c1NC(=O)C1CC(N)C1. The van der Waals surface area contributed by atoms with E-state index in [-0.39, 0.29) is 17.9 Å². The first-order chi connectivity index (χ1) is 7.58. The highest BCUT2D eigenvalue weighted by molar-refractivity contribution is 5.94. The summed E-state index contributed by atoms with van der Waals surface area (Å²) in [7, 11) is 0. The van der Waals surface area contributed by atoms with Gasteiger partial charge in [-0.05, 0) is 37.8 Å². The van der Waals surface area contributed by atoms with E-state index in [0.717, 1.165) is 29.7 Å².